The number of nitrogens with zero attached hydrogens (tertiary/aromatic N) is 3. The zero-order chi connectivity index (χ0) is 19.6. The summed E-state index contributed by atoms with van der Waals surface area (Å²) in [6, 6.07) is 0.0723. The van der Waals surface area contributed by atoms with Crippen LogP contribution in [0.1, 0.15) is 41.5 Å². The van der Waals surface area contributed by atoms with Gasteiger partial charge in [-0.15, -0.1) is 5.10 Å². The molecule has 0 aromatic carbocycles. The van der Waals surface area contributed by atoms with E-state index < -0.39 is 7.12 Å². The predicted octanol–water partition coefficient (Wildman–Crippen LogP) is 0.779. The first-order valence-electron chi connectivity index (χ1n) is 8.52. The molecule has 2 rings (SSSR count). The van der Waals surface area contributed by atoms with E-state index >= 15 is 0 Å². The first kappa shape index (κ1) is 20.1. The molecule has 0 aliphatic rings. The van der Waals surface area contributed by atoms with Gasteiger partial charge in [-0.2, -0.15) is 9.50 Å². The molecule has 0 unspecified atom stereocenters. The van der Waals surface area contributed by atoms with Crippen molar-refractivity contribution >= 4 is 18.1 Å². The Morgan fingerprint density at radius 3 is 1.96 bits per heavy atom. The van der Waals surface area contributed by atoms with E-state index in [4.69, 9.17) is 18.9 Å². The first-order valence-corrected chi connectivity index (χ1v) is 8.52. The lowest BCUT2D eigenvalue weighted by Crippen LogP contribution is -2.32. The average molecular weight is 367 g/mol. The molecule has 2 heterocycles. The minimum Gasteiger partial charge on any atom is -0.486 e. The molecule has 2 aromatic heterocycles. The third-order valence-electron chi connectivity index (χ3n) is 3.18. The Bertz CT molecular complexity index is 760. The van der Waals surface area contributed by atoms with Crippen molar-refractivity contribution in [3.63, 3.8) is 0 Å². The van der Waals surface area contributed by atoms with E-state index in [1.807, 2.05) is 41.5 Å². The number of methoxy groups -OCH3 is 1. The lowest BCUT2D eigenvalue weighted by molar-refractivity contribution is 0.186. The standard InChI is InChI=1S/C16H26BN3O6/c1-8(2)24-13-11(17(21)22)12-14(23-7)18-16(26-10(5)6)19-20(12)15(13)25-9(3)4/h8-10,21-22H,1-7H3. The van der Waals surface area contributed by atoms with Gasteiger partial charge in [0.1, 0.15) is 5.52 Å². The highest BCUT2D eigenvalue weighted by Crippen LogP contribution is 2.35. The van der Waals surface area contributed by atoms with Crippen molar-refractivity contribution in [3.05, 3.63) is 0 Å². The fraction of sp³-hybridized carbons (Fsp3) is 0.625. The van der Waals surface area contributed by atoms with Crippen molar-refractivity contribution in [1.29, 1.82) is 0 Å². The monoisotopic (exact) mass is 367 g/mol. The van der Waals surface area contributed by atoms with Crippen LogP contribution in [0.15, 0.2) is 0 Å². The van der Waals surface area contributed by atoms with Gasteiger partial charge in [0.05, 0.1) is 30.9 Å². The van der Waals surface area contributed by atoms with Crippen molar-refractivity contribution in [2.24, 2.45) is 0 Å². The molecule has 0 aliphatic carbocycles. The molecule has 0 radical (unpaired) electrons. The topological polar surface area (TPSA) is 108 Å². The van der Waals surface area contributed by atoms with E-state index in [1.165, 1.54) is 11.6 Å². The minimum absolute atomic E-state index is 0.0716. The summed E-state index contributed by atoms with van der Waals surface area (Å²) >= 11 is 0. The summed E-state index contributed by atoms with van der Waals surface area (Å²) in [6.07, 6.45) is -0.594. The van der Waals surface area contributed by atoms with Crippen LogP contribution in [-0.4, -0.2) is 57.2 Å². The molecule has 0 atom stereocenters. The van der Waals surface area contributed by atoms with Gasteiger partial charge in [0.2, 0.25) is 5.88 Å². The van der Waals surface area contributed by atoms with Crippen LogP contribution in [-0.2, 0) is 0 Å². The Kier molecular flexibility index (Phi) is 6.19. The fourth-order valence-corrected chi connectivity index (χ4v) is 2.40. The summed E-state index contributed by atoms with van der Waals surface area (Å²) in [5.41, 5.74) is 0.312. The van der Waals surface area contributed by atoms with Crippen molar-refractivity contribution in [2.45, 2.75) is 59.9 Å². The third-order valence-corrected chi connectivity index (χ3v) is 3.18. The number of hydrogen-bond acceptors (Lipinski definition) is 8. The number of ether oxygens (including phenoxy) is 4. The highest BCUT2D eigenvalue weighted by atomic mass is 16.5. The van der Waals surface area contributed by atoms with Gasteiger partial charge in [0, 0.05) is 0 Å². The molecule has 26 heavy (non-hydrogen) atoms. The summed E-state index contributed by atoms with van der Waals surface area (Å²) in [6.45, 7) is 11.0. The summed E-state index contributed by atoms with van der Waals surface area (Å²) in [5, 5.41) is 24.2. The van der Waals surface area contributed by atoms with E-state index in [2.05, 4.69) is 10.1 Å². The van der Waals surface area contributed by atoms with Gasteiger partial charge < -0.3 is 29.0 Å². The third kappa shape index (κ3) is 4.13. The molecular weight excluding hydrogens is 341 g/mol. The molecule has 0 bridgehead atoms. The molecule has 2 N–H and O–H groups in total. The quantitative estimate of drug-likeness (QED) is 0.659. The first-order chi connectivity index (χ1) is 12.1. The summed E-state index contributed by atoms with van der Waals surface area (Å²) in [4.78, 5) is 4.21. The van der Waals surface area contributed by atoms with Gasteiger partial charge in [0.25, 0.3) is 5.88 Å². The second kappa shape index (κ2) is 8.00. The Hall–Kier alpha value is -2.20. The van der Waals surface area contributed by atoms with Crippen LogP contribution in [0.25, 0.3) is 5.52 Å². The van der Waals surface area contributed by atoms with E-state index in [0.29, 0.717) is 0 Å². The molecule has 2 aromatic rings. The van der Waals surface area contributed by atoms with Crippen LogP contribution >= 0.6 is 0 Å². The maximum Gasteiger partial charge on any atom is 0.494 e. The number of aromatic nitrogens is 3. The van der Waals surface area contributed by atoms with Crippen LogP contribution in [0.2, 0.25) is 0 Å². The number of fused-ring (bicyclic) bond motifs is 1. The normalized spacial score (nSPS) is 11.5. The summed E-state index contributed by atoms with van der Waals surface area (Å²) in [7, 11) is -0.411. The zero-order valence-electron chi connectivity index (χ0n) is 16.2. The van der Waals surface area contributed by atoms with Crippen LogP contribution < -0.4 is 24.4 Å². The van der Waals surface area contributed by atoms with Crippen LogP contribution in [0.5, 0.6) is 23.5 Å². The zero-order valence-corrected chi connectivity index (χ0v) is 16.2. The average Bonchev–Trinajstić information content (AvgIpc) is 2.79. The lowest BCUT2D eigenvalue weighted by Gasteiger charge is -2.15. The second-order valence-electron chi connectivity index (χ2n) is 6.59. The molecule has 0 spiro atoms. The Labute approximate surface area is 153 Å². The van der Waals surface area contributed by atoms with E-state index in [0.717, 1.165) is 0 Å². The van der Waals surface area contributed by atoms with Gasteiger partial charge in [-0.05, 0) is 41.5 Å². The van der Waals surface area contributed by atoms with Crippen LogP contribution in [0.3, 0.4) is 0 Å². The number of hydrogen-bond donors (Lipinski definition) is 2. The van der Waals surface area contributed by atoms with Gasteiger partial charge in [-0.25, -0.2) is 0 Å². The smallest absolute Gasteiger partial charge is 0.486 e. The Morgan fingerprint density at radius 2 is 1.50 bits per heavy atom. The molecular formula is C16H26BN3O6. The Morgan fingerprint density at radius 1 is 0.923 bits per heavy atom. The van der Waals surface area contributed by atoms with Crippen molar-refractivity contribution in [1.82, 2.24) is 14.6 Å². The van der Waals surface area contributed by atoms with Crippen molar-refractivity contribution in [2.75, 3.05) is 7.11 Å². The van der Waals surface area contributed by atoms with Crippen LogP contribution in [0.4, 0.5) is 0 Å². The molecule has 9 nitrogen and oxygen atoms in total. The molecule has 0 amide bonds. The van der Waals surface area contributed by atoms with Gasteiger partial charge in [0.15, 0.2) is 5.75 Å². The Balaban J connectivity index is 2.86. The maximum absolute atomic E-state index is 9.96. The van der Waals surface area contributed by atoms with Gasteiger partial charge >= 0.3 is 13.1 Å². The second-order valence-corrected chi connectivity index (χ2v) is 6.59. The fourth-order valence-electron chi connectivity index (χ4n) is 2.40. The van der Waals surface area contributed by atoms with Gasteiger partial charge in [-0.1, -0.05) is 0 Å². The van der Waals surface area contributed by atoms with E-state index in [9.17, 15) is 10.0 Å². The molecule has 0 aliphatic heterocycles. The predicted molar refractivity (Wildman–Crippen MR) is 96.7 cm³/mol. The molecule has 0 fully saturated rings. The lowest BCUT2D eigenvalue weighted by atomic mass is 9.80. The highest BCUT2D eigenvalue weighted by molar-refractivity contribution is 6.62. The molecule has 144 valence electrons. The maximum atomic E-state index is 9.96. The molecule has 0 saturated carbocycles. The minimum atomic E-state index is -1.84. The van der Waals surface area contributed by atoms with E-state index in [1.54, 1.807) is 0 Å². The number of rotatable bonds is 8. The van der Waals surface area contributed by atoms with Crippen LogP contribution in [0, 0.1) is 0 Å². The highest BCUT2D eigenvalue weighted by Gasteiger charge is 2.34. The summed E-state index contributed by atoms with van der Waals surface area (Å²) < 4.78 is 24.0. The van der Waals surface area contributed by atoms with Gasteiger partial charge in [-0.3, -0.25) is 0 Å². The SMILES string of the molecule is COc1nc(OC(C)C)nn2c(OC(C)C)c(OC(C)C)c(B(O)O)c12. The largest absolute Gasteiger partial charge is 0.494 e. The van der Waals surface area contributed by atoms with Crippen molar-refractivity contribution < 1.29 is 29.0 Å². The van der Waals surface area contributed by atoms with E-state index in [-0.39, 0.29) is 52.8 Å². The molecule has 10 heteroatoms. The van der Waals surface area contributed by atoms with Crippen molar-refractivity contribution in [3.8, 4) is 23.5 Å². The summed E-state index contributed by atoms with van der Waals surface area (Å²) in [5.74, 6) is 0.519. The molecule has 0 saturated heterocycles.